The standard InChI is InChI=1S/C29H33ClFNO5S/c1-15-9-10-19(13-16(15)2)24-17(3)23(20-11-12-21(30)22(31)14-20)25(18(4)26(24)32-38(8,35)36)27(28(33)34)37-29(5,6)7/h9-14,27,32H,1-8H3,(H,33,34). The summed E-state index contributed by atoms with van der Waals surface area (Å²) < 4.78 is 48.4. The van der Waals surface area contributed by atoms with Crippen LogP contribution in [-0.4, -0.2) is 31.4 Å². The van der Waals surface area contributed by atoms with E-state index < -0.39 is 33.5 Å². The molecule has 0 saturated heterocycles. The summed E-state index contributed by atoms with van der Waals surface area (Å²) >= 11 is 5.97. The minimum absolute atomic E-state index is 0.0739. The summed E-state index contributed by atoms with van der Waals surface area (Å²) in [7, 11) is -3.77. The molecule has 0 aromatic heterocycles. The van der Waals surface area contributed by atoms with Crippen molar-refractivity contribution in [2.45, 2.75) is 60.2 Å². The summed E-state index contributed by atoms with van der Waals surface area (Å²) in [4.78, 5) is 12.6. The second kappa shape index (κ2) is 10.7. The van der Waals surface area contributed by atoms with Crippen molar-refractivity contribution in [1.82, 2.24) is 0 Å². The van der Waals surface area contributed by atoms with Crippen molar-refractivity contribution in [3.8, 4) is 22.3 Å². The predicted molar refractivity (Wildman–Crippen MR) is 151 cm³/mol. The van der Waals surface area contributed by atoms with Gasteiger partial charge in [0.1, 0.15) is 5.82 Å². The van der Waals surface area contributed by atoms with Crippen LogP contribution in [0.3, 0.4) is 0 Å². The van der Waals surface area contributed by atoms with E-state index in [1.54, 1.807) is 40.7 Å². The van der Waals surface area contributed by atoms with E-state index in [2.05, 4.69) is 4.72 Å². The van der Waals surface area contributed by atoms with Crippen molar-refractivity contribution in [1.29, 1.82) is 0 Å². The van der Waals surface area contributed by atoms with Gasteiger partial charge in [-0.15, -0.1) is 0 Å². The molecule has 6 nitrogen and oxygen atoms in total. The van der Waals surface area contributed by atoms with Gasteiger partial charge in [-0.25, -0.2) is 17.6 Å². The Hall–Kier alpha value is -2.94. The Balaban J connectivity index is 2.59. The van der Waals surface area contributed by atoms with Crippen LogP contribution in [0.1, 0.15) is 54.7 Å². The number of carbonyl (C=O) groups is 1. The summed E-state index contributed by atoms with van der Waals surface area (Å²) in [5.41, 5.74) is 4.69. The molecule has 0 heterocycles. The first kappa shape index (κ1) is 29.6. The third kappa shape index (κ3) is 6.37. The molecule has 0 aliphatic carbocycles. The maximum atomic E-state index is 14.7. The van der Waals surface area contributed by atoms with Crippen LogP contribution >= 0.6 is 11.6 Å². The van der Waals surface area contributed by atoms with Gasteiger partial charge in [0.15, 0.2) is 6.10 Å². The fourth-order valence-corrected chi connectivity index (χ4v) is 5.28. The molecule has 0 saturated carbocycles. The highest BCUT2D eigenvalue weighted by Crippen LogP contribution is 2.47. The number of benzene rings is 3. The molecule has 2 N–H and O–H groups in total. The first-order valence-electron chi connectivity index (χ1n) is 12.0. The van der Waals surface area contributed by atoms with Gasteiger partial charge in [-0.1, -0.05) is 35.9 Å². The molecule has 1 unspecified atom stereocenters. The van der Waals surface area contributed by atoms with Crippen molar-refractivity contribution in [3.05, 3.63) is 75.1 Å². The van der Waals surface area contributed by atoms with Gasteiger partial charge >= 0.3 is 5.97 Å². The second-order valence-corrected chi connectivity index (χ2v) is 12.7. The summed E-state index contributed by atoms with van der Waals surface area (Å²) in [5.74, 6) is -1.93. The molecular formula is C29H33ClFNO5S. The monoisotopic (exact) mass is 561 g/mol. The fourth-order valence-electron chi connectivity index (χ4n) is 4.53. The Labute approximate surface area is 228 Å². The number of carboxylic acids is 1. The average molecular weight is 562 g/mol. The van der Waals surface area contributed by atoms with Gasteiger partial charge in [0, 0.05) is 11.1 Å². The maximum absolute atomic E-state index is 14.7. The lowest BCUT2D eigenvalue weighted by Crippen LogP contribution is -2.29. The van der Waals surface area contributed by atoms with Crippen molar-refractivity contribution >= 4 is 33.3 Å². The lowest BCUT2D eigenvalue weighted by Gasteiger charge is -2.31. The number of nitrogens with one attached hydrogen (secondary N) is 1. The summed E-state index contributed by atoms with van der Waals surface area (Å²) in [6.07, 6.45) is -0.439. The molecule has 204 valence electrons. The van der Waals surface area contributed by atoms with Crippen LogP contribution in [0.15, 0.2) is 36.4 Å². The van der Waals surface area contributed by atoms with Gasteiger partial charge in [-0.05, 0) is 99.5 Å². The zero-order chi connectivity index (χ0) is 28.7. The molecule has 0 bridgehead atoms. The van der Waals surface area contributed by atoms with Crippen LogP contribution < -0.4 is 4.72 Å². The molecule has 0 spiro atoms. The van der Waals surface area contributed by atoms with Gasteiger partial charge in [0.25, 0.3) is 0 Å². The molecule has 0 amide bonds. The average Bonchev–Trinajstić information content (AvgIpc) is 2.77. The molecular weight excluding hydrogens is 529 g/mol. The number of halogens is 2. The zero-order valence-electron chi connectivity index (χ0n) is 22.8. The molecule has 9 heteroatoms. The highest BCUT2D eigenvalue weighted by Gasteiger charge is 2.34. The second-order valence-electron chi connectivity index (χ2n) is 10.5. The van der Waals surface area contributed by atoms with Gasteiger partial charge in [-0.2, -0.15) is 0 Å². The van der Waals surface area contributed by atoms with E-state index in [1.807, 2.05) is 32.0 Å². The largest absolute Gasteiger partial charge is 0.479 e. The minimum atomic E-state index is -3.77. The maximum Gasteiger partial charge on any atom is 0.337 e. The van der Waals surface area contributed by atoms with Crippen molar-refractivity contribution in [3.63, 3.8) is 0 Å². The Morgan fingerprint density at radius 2 is 1.55 bits per heavy atom. The topological polar surface area (TPSA) is 92.7 Å². The van der Waals surface area contributed by atoms with E-state index >= 15 is 0 Å². The van der Waals surface area contributed by atoms with E-state index in [4.69, 9.17) is 16.3 Å². The Kier molecular flexibility index (Phi) is 8.32. The number of sulfonamides is 1. The van der Waals surface area contributed by atoms with Crippen LogP contribution in [0, 0.1) is 33.5 Å². The quantitative estimate of drug-likeness (QED) is 0.314. The Morgan fingerprint density at radius 3 is 2.05 bits per heavy atom. The summed E-state index contributed by atoms with van der Waals surface area (Å²) in [6.45, 7) is 12.5. The van der Waals surface area contributed by atoms with E-state index in [1.165, 1.54) is 12.1 Å². The molecule has 3 aromatic carbocycles. The van der Waals surface area contributed by atoms with Gasteiger partial charge in [0.05, 0.1) is 22.6 Å². The van der Waals surface area contributed by atoms with Crippen molar-refractivity contribution in [2.75, 3.05) is 11.0 Å². The number of carboxylic acid groups (broad SMARTS) is 1. The summed E-state index contributed by atoms with van der Waals surface area (Å²) in [6, 6.07) is 10.0. The lowest BCUT2D eigenvalue weighted by atomic mass is 9.82. The number of aliphatic carboxylic acids is 1. The van der Waals surface area contributed by atoms with Crippen molar-refractivity contribution in [2.24, 2.45) is 0 Å². The predicted octanol–water partition coefficient (Wildman–Crippen LogP) is 7.36. The van der Waals surface area contributed by atoms with Crippen LogP contribution in [0.4, 0.5) is 10.1 Å². The summed E-state index contributed by atoms with van der Waals surface area (Å²) in [5, 5.41) is 10.2. The Morgan fingerprint density at radius 1 is 0.974 bits per heavy atom. The number of hydrogen-bond acceptors (Lipinski definition) is 4. The van der Waals surface area contributed by atoms with E-state index in [0.717, 1.165) is 22.9 Å². The molecule has 38 heavy (non-hydrogen) atoms. The number of rotatable bonds is 7. The number of hydrogen-bond donors (Lipinski definition) is 2. The third-order valence-electron chi connectivity index (χ3n) is 6.30. The first-order valence-corrected chi connectivity index (χ1v) is 14.3. The molecule has 3 rings (SSSR count). The van der Waals surface area contributed by atoms with Crippen LogP contribution in [-0.2, 0) is 19.6 Å². The normalized spacial score (nSPS) is 12.9. The highest BCUT2D eigenvalue weighted by atomic mass is 35.5. The number of anilines is 1. The highest BCUT2D eigenvalue weighted by molar-refractivity contribution is 7.92. The number of aryl methyl sites for hydroxylation is 2. The van der Waals surface area contributed by atoms with Crippen LogP contribution in [0.5, 0.6) is 0 Å². The smallest absolute Gasteiger partial charge is 0.337 e. The SMILES string of the molecule is Cc1ccc(-c2c(C)c(-c3ccc(Cl)c(F)c3)c(C(OC(C)(C)C)C(=O)O)c(C)c2NS(C)(=O)=O)cc1C. The fraction of sp³-hybridized carbons (Fsp3) is 0.345. The van der Waals surface area contributed by atoms with Crippen molar-refractivity contribution < 1.29 is 27.4 Å². The van der Waals surface area contributed by atoms with Crippen LogP contribution in [0.25, 0.3) is 22.3 Å². The number of ether oxygens (including phenoxy) is 1. The van der Waals surface area contributed by atoms with Gasteiger partial charge in [0.2, 0.25) is 10.0 Å². The third-order valence-corrected chi connectivity index (χ3v) is 7.18. The molecule has 0 fully saturated rings. The van der Waals surface area contributed by atoms with E-state index in [9.17, 15) is 22.7 Å². The Bertz CT molecular complexity index is 1530. The molecule has 0 aliphatic rings. The molecule has 1 atom stereocenters. The molecule has 0 aliphatic heterocycles. The molecule has 0 radical (unpaired) electrons. The van der Waals surface area contributed by atoms with Crippen LogP contribution in [0.2, 0.25) is 5.02 Å². The first-order chi connectivity index (χ1) is 17.4. The molecule has 3 aromatic rings. The van der Waals surface area contributed by atoms with Gasteiger partial charge in [-0.3, -0.25) is 4.72 Å². The van der Waals surface area contributed by atoms with Gasteiger partial charge < -0.3 is 9.84 Å². The van der Waals surface area contributed by atoms with E-state index in [-0.39, 0.29) is 16.3 Å². The minimum Gasteiger partial charge on any atom is -0.479 e. The van der Waals surface area contributed by atoms with E-state index in [0.29, 0.717) is 27.8 Å². The zero-order valence-corrected chi connectivity index (χ0v) is 24.4. The lowest BCUT2D eigenvalue weighted by molar-refractivity contribution is -0.160.